The normalized spacial score (nSPS) is 13.5. The van der Waals surface area contributed by atoms with Crippen LogP contribution in [0.2, 0.25) is 0 Å². The number of ether oxygens (including phenoxy) is 1. The molecular weight excluding hydrogens is 384 g/mol. The van der Waals surface area contributed by atoms with E-state index in [1.807, 2.05) is 50.4 Å². The first-order valence-electron chi connectivity index (χ1n) is 9.81. The molecule has 0 N–H and O–H groups in total. The highest BCUT2D eigenvalue weighted by Crippen LogP contribution is 2.38. The lowest BCUT2D eigenvalue weighted by molar-refractivity contribution is -0.141. The van der Waals surface area contributed by atoms with E-state index in [1.54, 1.807) is 0 Å². The molecule has 1 aliphatic rings. The second kappa shape index (κ2) is 7.95. The van der Waals surface area contributed by atoms with Crippen LogP contribution in [0.5, 0.6) is 0 Å². The Morgan fingerprint density at radius 1 is 1.21 bits per heavy atom. The van der Waals surface area contributed by atoms with Crippen LogP contribution >= 0.6 is 11.3 Å². The van der Waals surface area contributed by atoms with E-state index in [0.717, 1.165) is 34.8 Å². The van der Waals surface area contributed by atoms with Gasteiger partial charge in [0.25, 0.3) is 0 Å². The number of rotatable bonds is 7. The highest BCUT2D eigenvalue weighted by molar-refractivity contribution is 7.13. The third-order valence-corrected chi connectivity index (χ3v) is 6.14. The van der Waals surface area contributed by atoms with Gasteiger partial charge < -0.3 is 9.30 Å². The smallest absolute Gasteiger partial charge is 0.312 e. The summed E-state index contributed by atoms with van der Waals surface area (Å²) in [7, 11) is 0. The standard InChI is InChI=1S/C23H24N2O3S/c1-14-5-4-6-17(9-14)23-24-18(13-29-23)11-22(27)28-12-21(26)20-10-15(2)25(16(20)3)19-7-8-19/h4-6,9-10,13,19H,7-8,11-12H2,1-3H3. The van der Waals surface area contributed by atoms with Crippen molar-refractivity contribution in [1.29, 1.82) is 0 Å². The van der Waals surface area contributed by atoms with Gasteiger partial charge in [0.15, 0.2) is 6.61 Å². The van der Waals surface area contributed by atoms with Crippen LogP contribution in [0.15, 0.2) is 35.7 Å². The molecule has 0 atom stereocenters. The summed E-state index contributed by atoms with van der Waals surface area (Å²) in [5.41, 5.74) is 5.57. The molecule has 2 heterocycles. The number of hydrogen-bond donors (Lipinski definition) is 0. The molecule has 0 saturated heterocycles. The second-order valence-electron chi connectivity index (χ2n) is 7.66. The Balaban J connectivity index is 1.35. The Morgan fingerprint density at radius 3 is 2.72 bits per heavy atom. The van der Waals surface area contributed by atoms with Crippen molar-refractivity contribution in [2.24, 2.45) is 0 Å². The molecule has 5 nitrogen and oxygen atoms in total. The number of aromatic nitrogens is 2. The van der Waals surface area contributed by atoms with Crippen molar-refractivity contribution >= 4 is 23.1 Å². The van der Waals surface area contributed by atoms with E-state index in [4.69, 9.17) is 4.74 Å². The number of Topliss-reactive ketones (excluding diaryl/α,β-unsaturated/α-hetero) is 1. The van der Waals surface area contributed by atoms with E-state index >= 15 is 0 Å². The zero-order valence-electron chi connectivity index (χ0n) is 16.9. The minimum atomic E-state index is -0.435. The Morgan fingerprint density at radius 2 is 2.00 bits per heavy atom. The van der Waals surface area contributed by atoms with Gasteiger partial charge >= 0.3 is 5.97 Å². The first-order valence-corrected chi connectivity index (χ1v) is 10.7. The van der Waals surface area contributed by atoms with Crippen molar-refractivity contribution in [2.45, 2.75) is 46.1 Å². The van der Waals surface area contributed by atoms with Crippen LogP contribution in [0.3, 0.4) is 0 Å². The lowest BCUT2D eigenvalue weighted by Gasteiger charge is -2.07. The summed E-state index contributed by atoms with van der Waals surface area (Å²) in [5, 5.41) is 2.74. The fourth-order valence-corrected chi connectivity index (χ4v) is 4.49. The number of esters is 1. The third kappa shape index (κ3) is 4.32. The molecule has 2 aromatic heterocycles. The Hall–Kier alpha value is -2.73. The first-order chi connectivity index (χ1) is 13.9. The van der Waals surface area contributed by atoms with Gasteiger partial charge in [-0.3, -0.25) is 9.59 Å². The molecule has 1 saturated carbocycles. The highest BCUT2D eigenvalue weighted by atomic mass is 32.1. The van der Waals surface area contributed by atoms with Crippen LogP contribution in [-0.4, -0.2) is 27.9 Å². The maximum atomic E-state index is 12.5. The molecule has 0 unspecified atom stereocenters. The molecule has 0 spiro atoms. The number of carbonyl (C=O) groups is 2. The van der Waals surface area contributed by atoms with Crippen molar-refractivity contribution in [2.75, 3.05) is 6.61 Å². The lowest BCUT2D eigenvalue weighted by atomic mass is 10.1. The average Bonchev–Trinajstić information content (AvgIpc) is 3.33. The van der Waals surface area contributed by atoms with Crippen molar-refractivity contribution in [3.05, 3.63) is 63.9 Å². The van der Waals surface area contributed by atoms with Gasteiger partial charge in [-0.2, -0.15) is 0 Å². The minimum Gasteiger partial charge on any atom is -0.457 e. The monoisotopic (exact) mass is 408 g/mol. The fourth-order valence-electron chi connectivity index (χ4n) is 3.68. The molecular formula is C23H24N2O3S. The Kier molecular flexibility index (Phi) is 5.37. The largest absolute Gasteiger partial charge is 0.457 e. The maximum absolute atomic E-state index is 12.5. The number of nitrogens with zero attached hydrogens (tertiary/aromatic N) is 2. The van der Waals surface area contributed by atoms with Crippen molar-refractivity contribution < 1.29 is 14.3 Å². The second-order valence-corrected chi connectivity index (χ2v) is 8.52. The zero-order valence-corrected chi connectivity index (χ0v) is 17.7. The number of thiazole rings is 1. The topological polar surface area (TPSA) is 61.2 Å². The molecule has 0 aliphatic heterocycles. The van der Waals surface area contributed by atoms with Gasteiger partial charge in [0.1, 0.15) is 5.01 Å². The van der Waals surface area contributed by atoms with Crippen molar-refractivity contribution in [3.8, 4) is 10.6 Å². The van der Waals surface area contributed by atoms with Gasteiger partial charge in [-0.1, -0.05) is 23.8 Å². The molecule has 0 amide bonds. The van der Waals surface area contributed by atoms with Crippen LogP contribution in [0.1, 0.15) is 51.9 Å². The molecule has 0 bridgehead atoms. The lowest BCUT2D eigenvalue weighted by Crippen LogP contribution is -2.16. The van der Waals surface area contributed by atoms with E-state index in [-0.39, 0.29) is 18.8 Å². The predicted molar refractivity (Wildman–Crippen MR) is 113 cm³/mol. The van der Waals surface area contributed by atoms with Crippen molar-refractivity contribution in [3.63, 3.8) is 0 Å². The van der Waals surface area contributed by atoms with E-state index in [9.17, 15) is 9.59 Å². The molecule has 1 fully saturated rings. The van der Waals surface area contributed by atoms with Gasteiger partial charge in [-0.05, 0) is 45.7 Å². The summed E-state index contributed by atoms with van der Waals surface area (Å²) in [4.78, 5) is 29.3. The van der Waals surface area contributed by atoms with Crippen LogP contribution in [-0.2, 0) is 16.0 Å². The van der Waals surface area contributed by atoms with E-state index in [0.29, 0.717) is 17.3 Å². The number of ketones is 1. The number of benzene rings is 1. The Labute approximate surface area is 174 Å². The molecule has 1 aromatic carbocycles. The Bertz CT molecular complexity index is 1080. The van der Waals surface area contributed by atoms with Crippen LogP contribution in [0.4, 0.5) is 0 Å². The highest BCUT2D eigenvalue weighted by Gasteiger charge is 2.28. The van der Waals surface area contributed by atoms with Gasteiger partial charge in [0.05, 0.1) is 12.1 Å². The molecule has 29 heavy (non-hydrogen) atoms. The summed E-state index contributed by atoms with van der Waals surface area (Å²) in [6.07, 6.45) is 2.39. The summed E-state index contributed by atoms with van der Waals surface area (Å²) >= 11 is 1.50. The van der Waals surface area contributed by atoms with Gasteiger partial charge in [-0.25, -0.2) is 4.98 Å². The van der Waals surface area contributed by atoms with Crippen molar-refractivity contribution in [1.82, 2.24) is 9.55 Å². The first kappa shape index (κ1) is 19.6. The van der Waals surface area contributed by atoms with E-state index in [2.05, 4.69) is 15.6 Å². The molecule has 150 valence electrons. The fraction of sp³-hybridized carbons (Fsp3) is 0.348. The number of hydrogen-bond acceptors (Lipinski definition) is 5. The minimum absolute atomic E-state index is 0.0662. The summed E-state index contributed by atoms with van der Waals surface area (Å²) in [6.45, 7) is 5.78. The summed E-state index contributed by atoms with van der Waals surface area (Å²) < 4.78 is 7.46. The average molecular weight is 409 g/mol. The molecule has 4 rings (SSSR count). The summed E-state index contributed by atoms with van der Waals surface area (Å²) in [6, 6.07) is 10.5. The van der Waals surface area contributed by atoms with Crippen LogP contribution in [0, 0.1) is 20.8 Å². The van der Waals surface area contributed by atoms with Gasteiger partial charge in [0.2, 0.25) is 5.78 Å². The van der Waals surface area contributed by atoms with Crippen LogP contribution in [0.25, 0.3) is 10.6 Å². The molecule has 3 aromatic rings. The van der Waals surface area contributed by atoms with Crippen LogP contribution < -0.4 is 0 Å². The number of aryl methyl sites for hydroxylation is 2. The third-order valence-electron chi connectivity index (χ3n) is 5.20. The maximum Gasteiger partial charge on any atom is 0.312 e. The predicted octanol–water partition coefficient (Wildman–Crippen LogP) is 4.84. The quantitative estimate of drug-likeness (QED) is 0.415. The molecule has 1 aliphatic carbocycles. The molecule has 0 radical (unpaired) electrons. The SMILES string of the molecule is Cc1cccc(-c2nc(CC(=O)OCC(=O)c3cc(C)n(C4CC4)c3C)cs2)c1. The zero-order chi connectivity index (χ0) is 20.5. The molecule has 6 heteroatoms. The summed E-state index contributed by atoms with van der Waals surface area (Å²) in [5.74, 6) is -0.590. The number of carbonyl (C=O) groups excluding carboxylic acids is 2. The van der Waals surface area contributed by atoms with E-state index < -0.39 is 5.97 Å². The van der Waals surface area contributed by atoms with E-state index in [1.165, 1.54) is 16.9 Å². The van der Waals surface area contributed by atoms with Gasteiger partial charge in [-0.15, -0.1) is 11.3 Å². The van der Waals surface area contributed by atoms with Gasteiger partial charge in [0, 0.05) is 33.9 Å².